The van der Waals surface area contributed by atoms with Gasteiger partial charge in [0.15, 0.2) is 0 Å². The van der Waals surface area contributed by atoms with Crippen molar-refractivity contribution in [3.05, 3.63) is 0 Å². The van der Waals surface area contributed by atoms with Crippen molar-refractivity contribution < 1.29 is 4.79 Å². The van der Waals surface area contributed by atoms with Crippen LogP contribution in [0.3, 0.4) is 0 Å². The summed E-state index contributed by atoms with van der Waals surface area (Å²) in [7, 11) is 1.90. The molecule has 0 aliphatic rings. The van der Waals surface area contributed by atoms with Crippen LogP contribution in [0.25, 0.3) is 0 Å². The minimum Gasteiger partial charge on any atom is -0.317 e. The number of hydrogen-bond acceptors (Lipinski definition) is 2. The summed E-state index contributed by atoms with van der Waals surface area (Å²) in [5, 5.41) is 3.10. The molecule has 2 nitrogen and oxygen atoms in total. The van der Waals surface area contributed by atoms with Gasteiger partial charge in [-0.25, -0.2) is 0 Å². The van der Waals surface area contributed by atoms with Crippen molar-refractivity contribution in [1.29, 1.82) is 0 Å². The van der Waals surface area contributed by atoms with Gasteiger partial charge in [0.1, 0.15) is 5.78 Å². The molecule has 0 aromatic carbocycles. The second-order valence-corrected chi connectivity index (χ2v) is 2.49. The minimum absolute atomic E-state index is 0.348. The van der Waals surface area contributed by atoms with Crippen LogP contribution in [0.15, 0.2) is 0 Å². The summed E-state index contributed by atoms with van der Waals surface area (Å²) in [5.74, 6) is 0.348. The van der Waals surface area contributed by atoms with Crippen molar-refractivity contribution in [2.24, 2.45) is 0 Å². The van der Waals surface area contributed by atoms with E-state index in [0.717, 1.165) is 6.42 Å². The third-order valence-corrected chi connectivity index (χ3v) is 1.77. The molecule has 0 saturated carbocycles. The van der Waals surface area contributed by atoms with Gasteiger partial charge < -0.3 is 5.32 Å². The lowest BCUT2D eigenvalue weighted by Crippen LogP contribution is -2.26. The first-order valence-electron chi connectivity index (χ1n) is 3.93. The van der Waals surface area contributed by atoms with Crippen LogP contribution in [0.1, 0.15) is 33.1 Å². The predicted molar refractivity (Wildman–Crippen MR) is 43.1 cm³/mol. The van der Waals surface area contributed by atoms with E-state index in [1.807, 2.05) is 14.0 Å². The highest BCUT2D eigenvalue weighted by molar-refractivity contribution is 5.78. The normalized spacial score (nSPS) is 13.1. The predicted octanol–water partition coefficient (Wildman–Crippen LogP) is 1.35. The van der Waals surface area contributed by atoms with E-state index < -0.39 is 0 Å². The number of hydrogen-bond donors (Lipinski definition) is 1. The molecule has 0 aromatic heterocycles. The summed E-state index contributed by atoms with van der Waals surface area (Å²) in [5.41, 5.74) is 0. The minimum atomic E-state index is 0.348. The van der Waals surface area contributed by atoms with E-state index in [9.17, 15) is 4.79 Å². The summed E-state index contributed by atoms with van der Waals surface area (Å²) >= 11 is 0. The molecule has 0 amide bonds. The third-order valence-electron chi connectivity index (χ3n) is 1.77. The smallest absolute Gasteiger partial charge is 0.134 e. The Morgan fingerprint density at radius 2 is 2.10 bits per heavy atom. The van der Waals surface area contributed by atoms with Gasteiger partial charge in [0, 0.05) is 18.9 Å². The fraction of sp³-hybridized carbons (Fsp3) is 0.875. The highest BCUT2D eigenvalue weighted by Gasteiger charge is 2.06. The number of nitrogens with one attached hydrogen (secondary N) is 1. The Labute approximate surface area is 63.0 Å². The first-order valence-corrected chi connectivity index (χ1v) is 3.93. The maximum atomic E-state index is 10.9. The molecular weight excluding hydrogens is 126 g/mol. The number of rotatable bonds is 5. The summed E-state index contributed by atoms with van der Waals surface area (Å²) in [4.78, 5) is 10.9. The van der Waals surface area contributed by atoms with Gasteiger partial charge in [0.25, 0.3) is 0 Å². The Hall–Kier alpha value is -0.370. The Kier molecular flexibility index (Phi) is 5.22. The van der Waals surface area contributed by atoms with E-state index in [-0.39, 0.29) is 0 Å². The molecule has 1 unspecified atom stereocenters. The van der Waals surface area contributed by atoms with Gasteiger partial charge in [-0.3, -0.25) is 4.79 Å². The molecule has 0 aromatic rings. The highest BCUT2D eigenvalue weighted by Crippen LogP contribution is 1.99. The lowest BCUT2D eigenvalue weighted by Gasteiger charge is -2.11. The third kappa shape index (κ3) is 3.62. The molecule has 0 heterocycles. The van der Waals surface area contributed by atoms with Crippen molar-refractivity contribution in [2.45, 2.75) is 39.2 Å². The van der Waals surface area contributed by atoms with Gasteiger partial charge in [0.05, 0.1) is 0 Å². The van der Waals surface area contributed by atoms with Crippen LogP contribution in [0.4, 0.5) is 0 Å². The van der Waals surface area contributed by atoms with Crippen LogP contribution in [0.5, 0.6) is 0 Å². The van der Waals surface area contributed by atoms with Crippen LogP contribution in [-0.2, 0) is 4.79 Å². The van der Waals surface area contributed by atoms with Crippen LogP contribution < -0.4 is 5.32 Å². The molecule has 1 N–H and O–H groups in total. The number of carbonyl (C=O) groups is 1. The zero-order chi connectivity index (χ0) is 7.98. The fourth-order valence-corrected chi connectivity index (χ4v) is 0.870. The van der Waals surface area contributed by atoms with E-state index in [0.29, 0.717) is 24.7 Å². The van der Waals surface area contributed by atoms with Crippen LogP contribution in [0, 0.1) is 0 Å². The molecule has 0 rings (SSSR count). The summed E-state index contributed by atoms with van der Waals surface area (Å²) in [6.07, 6.45) is 2.38. The lowest BCUT2D eigenvalue weighted by molar-refractivity contribution is -0.119. The van der Waals surface area contributed by atoms with Gasteiger partial charge in [-0.15, -0.1) is 0 Å². The van der Waals surface area contributed by atoms with E-state index in [4.69, 9.17) is 0 Å². The van der Waals surface area contributed by atoms with Crippen LogP contribution in [0.2, 0.25) is 0 Å². The number of Topliss-reactive ketones (excluding diaryl/α,β-unsaturated/α-hetero) is 1. The van der Waals surface area contributed by atoms with Gasteiger partial charge in [0.2, 0.25) is 0 Å². The maximum Gasteiger partial charge on any atom is 0.134 e. The molecular formula is C8H17NO. The van der Waals surface area contributed by atoms with E-state index in [2.05, 4.69) is 12.2 Å². The Morgan fingerprint density at radius 3 is 2.40 bits per heavy atom. The molecule has 10 heavy (non-hydrogen) atoms. The molecule has 0 bridgehead atoms. The van der Waals surface area contributed by atoms with Gasteiger partial charge >= 0.3 is 0 Å². The van der Waals surface area contributed by atoms with E-state index in [1.165, 1.54) is 0 Å². The summed E-state index contributed by atoms with van der Waals surface area (Å²) in [6, 6.07) is 0.382. The molecule has 0 aliphatic heterocycles. The van der Waals surface area contributed by atoms with Crippen molar-refractivity contribution in [2.75, 3.05) is 7.05 Å². The number of ketones is 1. The Balaban J connectivity index is 3.52. The number of carbonyl (C=O) groups excluding carboxylic acids is 1. The average Bonchev–Trinajstić information content (AvgIpc) is 1.99. The quantitative estimate of drug-likeness (QED) is 0.629. The van der Waals surface area contributed by atoms with Gasteiger partial charge in [-0.2, -0.15) is 0 Å². The molecule has 2 heteroatoms. The maximum absolute atomic E-state index is 10.9. The van der Waals surface area contributed by atoms with Crippen LogP contribution >= 0.6 is 0 Å². The Bertz CT molecular complexity index is 97.4. The molecule has 0 aliphatic carbocycles. The first kappa shape index (κ1) is 9.63. The standard InChI is InChI=1S/C8H17NO/c1-4-7(9-3)6-8(10)5-2/h7,9H,4-6H2,1-3H3. The zero-order valence-electron chi connectivity index (χ0n) is 7.11. The second kappa shape index (κ2) is 5.42. The van der Waals surface area contributed by atoms with Crippen LogP contribution in [-0.4, -0.2) is 18.9 Å². The van der Waals surface area contributed by atoms with E-state index >= 15 is 0 Å². The summed E-state index contributed by atoms with van der Waals surface area (Å²) < 4.78 is 0. The first-order chi connectivity index (χ1) is 4.74. The van der Waals surface area contributed by atoms with Gasteiger partial charge in [-0.1, -0.05) is 13.8 Å². The highest BCUT2D eigenvalue weighted by atomic mass is 16.1. The molecule has 0 radical (unpaired) electrons. The largest absolute Gasteiger partial charge is 0.317 e. The lowest BCUT2D eigenvalue weighted by atomic mass is 10.1. The van der Waals surface area contributed by atoms with E-state index in [1.54, 1.807) is 0 Å². The second-order valence-electron chi connectivity index (χ2n) is 2.49. The molecule has 60 valence electrons. The molecule has 0 fully saturated rings. The topological polar surface area (TPSA) is 29.1 Å². The van der Waals surface area contributed by atoms with Crippen molar-refractivity contribution in [3.8, 4) is 0 Å². The fourth-order valence-electron chi connectivity index (χ4n) is 0.870. The van der Waals surface area contributed by atoms with Crippen molar-refractivity contribution in [3.63, 3.8) is 0 Å². The molecule has 0 saturated heterocycles. The van der Waals surface area contributed by atoms with Crippen molar-refractivity contribution >= 4 is 5.78 Å². The Morgan fingerprint density at radius 1 is 1.50 bits per heavy atom. The monoisotopic (exact) mass is 143 g/mol. The van der Waals surface area contributed by atoms with Crippen molar-refractivity contribution in [1.82, 2.24) is 5.32 Å². The van der Waals surface area contributed by atoms with Gasteiger partial charge in [-0.05, 0) is 13.5 Å². The SMILES string of the molecule is CCC(=O)CC(CC)NC. The molecule has 0 spiro atoms. The summed E-state index contributed by atoms with van der Waals surface area (Å²) in [6.45, 7) is 3.99. The molecule has 1 atom stereocenters. The zero-order valence-corrected chi connectivity index (χ0v) is 7.11. The average molecular weight is 143 g/mol.